The Morgan fingerprint density at radius 2 is 1.78 bits per heavy atom. The molecule has 0 bridgehead atoms. The van der Waals surface area contributed by atoms with Crippen LogP contribution in [0, 0.1) is 24.5 Å². The van der Waals surface area contributed by atoms with Crippen LogP contribution in [0.15, 0.2) is 42.5 Å². The van der Waals surface area contributed by atoms with Crippen molar-refractivity contribution in [2.24, 2.45) is 5.92 Å². The Morgan fingerprint density at radius 1 is 1.08 bits per heavy atom. The van der Waals surface area contributed by atoms with Gasteiger partial charge in [-0.15, -0.1) is 5.10 Å². The van der Waals surface area contributed by atoms with Gasteiger partial charge in [0.2, 0.25) is 5.91 Å². The van der Waals surface area contributed by atoms with Crippen LogP contribution in [0.25, 0.3) is 0 Å². The fourth-order valence-corrected chi connectivity index (χ4v) is 4.70. The maximum Gasteiger partial charge on any atom is 0.276 e. The molecule has 3 aromatic rings. The van der Waals surface area contributed by atoms with E-state index in [9.17, 15) is 18.4 Å². The van der Waals surface area contributed by atoms with E-state index in [0.717, 1.165) is 11.6 Å². The van der Waals surface area contributed by atoms with E-state index in [-0.39, 0.29) is 42.7 Å². The maximum absolute atomic E-state index is 13.3. The molecule has 0 aliphatic carbocycles. The summed E-state index contributed by atoms with van der Waals surface area (Å²) in [6.45, 7) is 3.61. The molecular formula is C26H27F2N5O3. The third kappa shape index (κ3) is 5.13. The summed E-state index contributed by atoms with van der Waals surface area (Å²) >= 11 is 0. The number of benzene rings is 2. The Labute approximate surface area is 207 Å². The monoisotopic (exact) mass is 495 g/mol. The number of likely N-dealkylation sites (tertiary alicyclic amines) is 1. The van der Waals surface area contributed by atoms with Gasteiger partial charge in [0.15, 0.2) is 5.69 Å². The lowest BCUT2D eigenvalue weighted by atomic mass is 9.95. The normalized spacial score (nSPS) is 18.1. The molecule has 0 unspecified atom stereocenters. The predicted octanol–water partition coefficient (Wildman–Crippen LogP) is 3.30. The smallest absolute Gasteiger partial charge is 0.276 e. The maximum atomic E-state index is 13.3. The highest BCUT2D eigenvalue weighted by molar-refractivity contribution is 5.93. The number of amides is 2. The number of rotatable bonds is 5. The Bertz CT molecular complexity index is 1250. The summed E-state index contributed by atoms with van der Waals surface area (Å²) in [6.07, 6.45) is 0.829. The van der Waals surface area contributed by atoms with Crippen LogP contribution in [0.3, 0.4) is 0 Å². The number of aromatic nitrogens is 3. The highest BCUT2D eigenvalue weighted by Crippen LogP contribution is 2.28. The van der Waals surface area contributed by atoms with Gasteiger partial charge < -0.3 is 15.0 Å². The van der Waals surface area contributed by atoms with E-state index >= 15 is 0 Å². The second-order valence-electron chi connectivity index (χ2n) is 9.34. The number of hydrogen-bond acceptors (Lipinski definition) is 5. The van der Waals surface area contributed by atoms with E-state index in [1.165, 1.54) is 17.7 Å². The Hall–Kier alpha value is -3.66. The third-order valence-electron chi connectivity index (χ3n) is 6.79. The molecule has 36 heavy (non-hydrogen) atoms. The predicted molar refractivity (Wildman–Crippen MR) is 126 cm³/mol. The second-order valence-corrected chi connectivity index (χ2v) is 9.34. The Morgan fingerprint density at radius 3 is 2.47 bits per heavy atom. The molecule has 2 aromatic carbocycles. The number of nitrogens with one attached hydrogen (secondary N) is 1. The zero-order valence-corrected chi connectivity index (χ0v) is 19.9. The first kappa shape index (κ1) is 24.1. The fraction of sp³-hybridized carbons (Fsp3) is 0.385. The van der Waals surface area contributed by atoms with Gasteiger partial charge in [0.05, 0.1) is 18.8 Å². The molecule has 2 aliphatic heterocycles. The molecule has 5 rings (SSSR count). The summed E-state index contributed by atoms with van der Waals surface area (Å²) in [5, 5.41) is 11.1. The summed E-state index contributed by atoms with van der Waals surface area (Å²) < 4.78 is 34.5. The number of aryl methyl sites for hydroxylation is 1. The molecule has 8 nitrogen and oxygen atoms in total. The van der Waals surface area contributed by atoms with Gasteiger partial charge >= 0.3 is 0 Å². The first-order chi connectivity index (χ1) is 17.4. The molecule has 188 valence electrons. The van der Waals surface area contributed by atoms with Crippen LogP contribution in [0.5, 0.6) is 0 Å². The van der Waals surface area contributed by atoms with Crippen molar-refractivity contribution in [3.05, 3.63) is 82.2 Å². The van der Waals surface area contributed by atoms with Crippen LogP contribution in [0.1, 0.15) is 51.8 Å². The molecule has 1 aromatic heterocycles. The zero-order valence-electron chi connectivity index (χ0n) is 19.9. The molecule has 1 fully saturated rings. The van der Waals surface area contributed by atoms with Crippen molar-refractivity contribution in [2.45, 2.75) is 45.6 Å². The summed E-state index contributed by atoms with van der Waals surface area (Å²) in [5.74, 6) is -2.05. The van der Waals surface area contributed by atoms with Crippen molar-refractivity contribution < 1.29 is 23.1 Å². The lowest BCUT2D eigenvalue weighted by Crippen LogP contribution is -2.43. The molecule has 1 saturated heterocycles. The van der Waals surface area contributed by atoms with Crippen molar-refractivity contribution in [2.75, 3.05) is 13.1 Å². The summed E-state index contributed by atoms with van der Waals surface area (Å²) in [6, 6.07) is 11.3. The Balaban J connectivity index is 1.15. The van der Waals surface area contributed by atoms with E-state index in [0.29, 0.717) is 43.7 Å². The van der Waals surface area contributed by atoms with Crippen LogP contribution in [0.4, 0.5) is 8.78 Å². The minimum atomic E-state index is -0.682. The molecular weight excluding hydrogens is 468 g/mol. The molecule has 3 heterocycles. The number of ether oxygens (including phenoxy) is 1. The molecule has 0 saturated carbocycles. The average Bonchev–Trinajstić information content (AvgIpc) is 3.30. The summed E-state index contributed by atoms with van der Waals surface area (Å²) in [4.78, 5) is 27.4. The minimum absolute atomic E-state index is 0.0444. The largest absolute Gasteiger partial charge is 0.365 e. The third-order valence-corrected chi connectivity index (χ3v) is 6.79. The van der Waals surface area contributed by atoms with Gasteiger partial charge in [0.25, 0.3) is 5.91 Å². The lowest BCUT2D eigenvalue weighted by Gasteiger charge is -2.31. The van der Waals surface area contributed by atoms with Gasteiger partial charge in [-0.3, -0.25) is 9.59 Å². The van der Waals surface area contributed by atoms with Crippen molar-refractivity contribution in [1.82, 2.24) is 25.2 Å². The quantitative estimate of drug-likeness (QED) is 0.587. The number of fused-ring (bicyclic) bond motifs is 1. The highest BCUT2D eigenvalue weighted by atomic mass is 19.1. The molecule has 0 spiro atoms. The fourth-order valence-electron chi connectivity index (χ4n) is 4.70. The van der Waals surface area contributed by atoms with Crippen LogP contribution < -0.4 is 5.32 Å². The van der Waals surface area contributed by atoms with Gasteiger partial charge in [-0.2, -0.15) is 0 Å². The highest BCUT2D eigenvalue weighted by Gasteiger charge is 2.33. The van der Waals surface area contributed by atoms with Crippen LogP contribution >= 0.6 is 0 Å². The van der Waals surface area contributed by atoms with Gasteiger partial charge in [-0.25, -0.2) is 13.5 Å². The molecule has 1 atom stereocenters. The van der Waals surface area contributed by atoms with Gasteiger partial charge in [-0.05, 0) is 43.0 Å². The minimum Gasteiger partial charge on any atom is -0.365 e. The molecule has 2 amide bonds. The van der Waals surface area contributed by atoms with Crippen molar-refractivity contribution in [3.63, 3.8) is 0 Å². The lowest BCUT2D eigenvalue weighted by molar-refractivity contribution is -0.126. The first-order valence-electron chi connectivity index (χ1n) is 12.0. The van der Waals surface area contributed by atoms with Crippen LogP contribution in [-0.4, -0.2) is 44.8 Å². The number of piperidine rings is 1. The molecule has 2 aliphatic rings. The standard InChI is InChI=1S/C26H27F2N5O3/c1-16-2-4-18(5-3-16)23-14-33-22(15-36-23)24(30-31-33)26(35)32-8-6-19(7-9-32)25(34)29-13-17-10-20(27)12-21(28)11-17/h2-5,10-12,19,23H,6-9,13-15H2,1H3,(H,29,34)/t23-/m0/s1. The van der Waals surface area contributed by atoms with Crippen molar-refractivity contribution in [3.8, 4) is 0 Å². The number of hydrogen-bond donors (Lipinski definition) is 1. The van der Waals surface area contributed by atoms with Crippen LogP contribution in [0.2, 0.25) is 0 Å². The molecule has 10 heteroatoms. The van der Waals surface area contributed by atoms with E-state index in [2.05, 4.69) is 15.6 Å². The van der Waals surface area contributed by atoms with Gasteiger partial charge in [-0.1, -0.05) is 35.0 Å². The molecule has 0 radical (unpaired) electrons. The second kappa shape index (κ2) is 10.1. The van der Waals surface area contributed by atoms with Crippen molar-refractivity contribution in [1.29, 1.82) is 0 Å². The van der Waals surface area contributed by atoms with Crippen molar-refractivity contribution >= 4 is 11.8 Å². The van der Waals surface area contributed by atoms with E-state index in [1.807, 2.05) is 31.2 Å². The molecule has 1 N–H and O–H groups in total. The van der Waals surface area contributed by atoms with Gasteiger partial charge in [0.1, 0.15) is 17.7 Å². The van der Waals surface area contributed by atoms with E-state index < -0.39 is 11.6 Å². The number of nitrogens with zero attached hydrogens (tertiary/aromatic N) is 4. The topological polar surface area (TPSA) is 89.4 Å². The van der Waals surface area contributed by atoms with Gasteiger partial charge in [0, 0.05) is 31.6 Å². The van der Waals surface area contributed by atoms with E-state index in [1.54, 1.807) is 9.58 Å². The Kier molecular flexibility index (Phi) is 6.77. The SMILES string of the molecule is Cc1ccc([C@@H]2Cn3nnc(C(=O)N4CCC(C(=O)NCc5cc(F)cc(F)c5)CC4)c3CO2)cc1. The number of halogens is 2. The number of carbonyl (C=O) groups is 2. The number of carbonyl (C=O) groups excluding carboxylic acids is 2. The zero-order chi connectivity index (χ0) is 25.2. The average molecular weight is 496 g/mol. The summed E-state index contributed by atoms with van der Waals surface area (Å²) in [5.41, 5.74) is 3.53. The van der Waals surface area contributed by atoms with Crippen LogP contribution in [-0.2, 0) is 29.2 Å². The summed E-state index contributed by atoms with van der Waals surface area (Å²) in [7, 11) is 0. The van der Waals surface area contributed by atoms with E-state index in [4.69, 9.17) is 4.74 Å². The first-order valence-corrected chi connectivity index (χ1v) is 12.0.